The third-order valence-electron chi connectivity index (χ3n) is 4.73. The Morgan fingerprint density at radius 3 is 2.11 bits per heavy atom. The molecule has 0 aromatic carbocycles. The average molecular weight is 383 g/mol. The molecule has 0 fully saturated rings. The molecule has 27 heavy (non-hydrogen) atoms. The van der Waals surface area contributed by atoms with Crippen molar-refractivity contribution in [1.82, 2.24) is 5.32 Å². The van der Waals surface area contributed by atoms with Gasteiger partial charge in [0.2, 0.25) is 5.91 Å². The van der Waals surface area contributed by atoms with E-state index >= 15 is 0 Å². The van der Waals surface area contributed by atoms with E-state index in [1.807, 2.05) is 0 Å². The van der Waals surface area contributed by atoms with E-state index in [0.29, 0.717) is 19.4 Å². The van der Waals surface area contributed by atoms with Gasteiger partial charge in [0.05, 0.1) is 0 Å². The summed E-state index contributed by atoms with van der Waals surface area (Å²) in [6.45, 7) is 2.82. The van der Waals surface area contributed by atoms with E-state index in [1.54, 1.807) is 0 Å². The molecule has 0 spiro atoms. The number of carbonyl (C=O) groups excluding carboxylic acids is 1. The van der Waals surface area contributed by atoms with Crippen molar-refractivity contribution in [2.45, 2.75) is 109 Å². The number of amides is 1. The number of hydrogen-bond acceptors (Lipinski definition) is 3. The van der Waals surface area contributed by atoms with Crippen molar-refractivity contribution in [3.05, 3.63) is 12.2 Å². The van der Waals surface area contributed by atoms with E-state index in [-0.39, 0.29) is 5.91 Å². The highest BCUT2D eigenvalue weighted by Crippen LogP contribution is 2.11. The van der Waals surface area contributed by atoms with Gasteiger partial charge in [-0.25, -0.2) is 0 Å². The predicted octanol–water partition coefficient (Wildman–Crippen LogP) is 4.94. The molecular formula is C22H42N2O3. The van der Waals surface area contributed by atoms with Gasteiger partial charge in [0.1, 0.15) is 6.04 Å². The van der Waals surface area contributed by atoms with Crippen LogP contribution >= 0.6 is 0 Å². The van der Waals surface area contributed by atoms with Gasteiger partial charge in [-0.15, -0.1) is 0 Å². The molecule has 0 bridgehead atoms. The highest BCUT2D eigenvalue weighted by molar-refractivity contribution is 5.75. The highest BCUT2D eigenvalue weighted by atomic mass is 16.4. The summed E-state index contributed by atoms with van der Waals surface area (Å²) in [7, 11) is 0. The molecule has 5 heteroatoms. The zero-order valence-corrected chi connectivity index (χ0v) is 17.4. The number of unbranched alkanes of at least 4 members (excludes halogenated alkanes) is 10. The monoisotopic (exact) mass is 382 g/mol. The largest absolute Gasteiger partial charge is 0.480 e. The van der Waals surface area contributed by atoms with E-state index < -0.39 is 12.0 Å². The Morgan fingerprint density at radius 1 is 0.889 bits per heavy atom. The summed E-state index contributed by atoms with van der Waals surface area (Å²) >= 11 is 0. The summed E-state index contributed by atoms with van der Waals surface area (Å²) < 4.78 is 0. The highest BCUT2D eigenvalue weighted by Gasteiger charge is 2.10. The standard InChI is InChI=1S/C22H42N2O3/c1-2-3-4-5-6-7-8-9-10-11-12-13-14-18-21(25)24-19-16-15-17-20(23)22(26)27/h4-5,20H,2-3,6-19,23H2,1H3,(H,24,25)(H,26,27)/b5-4+/t20-/m0/s1. The Kier molecular flexibility index (Phi) is 18.4. The SMILES string of the molecule is CCC/C=C/CCCCCCCCCCC(=O)NCCCC[C@H](N)C(=O)O. The lowest BCUT2D eigenvalue weighted by Crippen LogP contribution is -2.30. The Bertz CT molecular complexity index is 397. The first-order valence-electron chi connectivity index (χ1n) is 11.0. The van der Waals surface area contributed by atoms with E-state index in [1.165, 1.54) is 57.8 Å². The minimum Gasteiger partial charge on any atom is -0.480 e. The summed E-state index contributed by atoms with van der Waals surface area (Å²) in [6, 6.07) is -0.789. The number of aliphatic carboxylic acids is 1. The van der Waals surface area contributed by atoms with Gasteiger partial charge < -0.3 is 16.2 Å². The molecule has 0 saturated heterocycles. The predicted molar refractivity (Wildman–Crippen MR) is 113 cm³/mol. The van der Waals surface area contributed by atoms with Gasteiger partial charge in [0.15, 0.2) is 0 Å². The number of allylic oxidation sites excluding steroid dienone is 2. The summed E-state index contributed by atoms with van der Waals surface area (Å²) in [5, 5.41) is 11.6. The van der Waals surface area contributed by atoms with Crippen LogP contribution in [0.1, 0.15) is 103 Å². The molecule has 0 unspecified atom stereocenters. The van der Waals surface area contributed by atoms with Crippen LogP contribution in [0.4, 0.5) is 0 Å². The quantitative estimate of drug-likeness (QED) is 0.218. The minimum absolute atomic E-state index is 0.105. The zero-order valence-electron chi connectivity index (χ0n) is 17.4. The molecule has 5 nitrogen and oxygen atoms in total. The fourth-order valence-corrected chi connectivity index (χ4v) is 2.94. The molecule has 0 aliphatic carbocycles. The Labute approximate surface area is 166 Å². The first-order chi connectivity index (χ1) is 13.1. The Balaban J connectivity index is 3.26. The zero-order chi connectivity index (χ0) is 20.2. The van der Waals surface area contributed by atoms with Crippen LogP contribution in [0.5, 0.6) is 0 Å². The molecule has 4 N–H and O–H groups in total. The van der Waals surface area contributed by atoms with Gasteiger partial charge in [0, 0.05) is 13.0 Å². The van der Waals surface area contributed by atoms with Gasteiger partial charge in [0.25, 0.3) is 0 Å². The van der Waals surface area contributed by atoms with Crippen molar-refractivity contribution in [2.75, 3.05) is 6.54 Å². The van der Waals surface area contributed by atoms with Crippen LogP contribution in [0.15, 0.2) is 12.2 Å². The van der Waals surface area contributed by atoms with Crippen molar-refractivity contribution in [2.24, 2.45) is 5.73 Å². The van der Waals surface area contributed by atoms with Gasteiger partial charge in [-0.3, -0.25) is 9.59 Å². The van der Waals surface area contributed by atoms with Crippen LogP contribution in [0.3, 0.4) is 0 Å². The minimum atomic E-state index is -0.960. The summed E-state index contributed by atoms with van der Waals surface area (Å²) in [5.74, 6) is -0.854. The number of carbonyl (C=O) groups is 2. The van der Waals surface area contributed by atoms with Gasteiger partial charge in [-0.1, -0.05) is 64.0 Å². The normalized spacial score (nSPS) is 12.4. The second-order valence-corrected chi connectivity index (χ2v) is 7.42. The summed E-state index contributed by atoms with van der Waals surface area (Å²) in [4.78, 5) is 22.3. The third-order valence-corrected chi connectivity index (χ3v) is 4.73. The number of carboxylic acids is 1. The lowest BCUT2D eigenvalue weighted by atomic mass is 10.1. The van der Waals surface area contributed by atoms with Crippen LogP contribution in [0, 0.1) is 0 Å². The second kappa shape index (κ2) is 19.4. The van der Waals surface area contributed by atoms with Crippen molar-refractivity contribution in [3.63, 3.8) is 0 Å². The molecule has 0 saturated carbocycles. The molecule has 0 heterocycles. The number of nitrogens with two attached hydrogens (primary N) is 1. The van der Waals surface area contributed by atoms with Gasteiger partial charge in [-0.05, 0) is 44.9 Å². The van der Waals surface area contributed by atoms with E-state index in [0.717, 1.165) is 25.7 Å². The molecule has 0 rings (SSSR count). The molecule has 158 valence electrons. The Morgan fingerprint density at radius 2 is 1.48 bits per heavy atom. The van der Waals surface area contributed by atoms with Crippen LogP contribution < -0.4 is 11.1 Å². The fraction of sp³-hybridized carbons (Fsp3) is 0.818. The van der Waals surface area contributed by atoms with Gasteiger partial charge >= 0.3 is 5.97 Å². The van der Waals surface area contributed by atoms with Crippen LogP contribution in [0.25, 0.3) is 0 Å². The number of nitrogens with one attached hydrogen (secondary N) is 1. The maximum Gasteiger partial charge on any atom is 0.320 e. The smallest absolute Gasteiger partial charge is 0.320 e. The molecule has 0 aromatic rings. The van der Waals surface area contributed by atoms with Crippen LogP contribution in [-0.2, 0) is 9.59 Å². The van der Waals surface area contributed by atoms with E-state index in [2.05, 4.69) is 24.4 Å². The Hall–Kier alpha value is -1.36. The summed E-state index contributed by atoms with van der Waals surface area (Å²) in [6.07, 6.45) is 20.7. The lowest BCUT2D eigenvalue weighted by molar-refractivity contribution is -0.138. The lowest BCUT2D eigenvalue weighted by Gasteiger charge is -2.07. The molecule has 0 aliphatic heterocycles. The second-order valence-electron chi connectivity index (χ2n) is 7.42. The number of carboxylic acid groups (broad SMARTS) is 1. The maximum absolute atomic E-state index is 11.7. The van der Waals surface area contributed by atoms with Crippen molar-refractivity contribution < 1.29 is 14.7 Å². The van der Waals surface area contributed by atoms with Crippen LogP contribution in [-0.4, -0.2) is 29.6 Å². The van der Waals surface area contributed by atoms with E-state index in [9.17, 15) is 9.59 Å². The molecular weight excluding hydrogens is 340 g/mol. The number of hydrogen-bond donors (Lipinski definition) is 3. The first kappa shape index (κ1) is 25.6. The van der Waals surface area contributed by atoms with Crippen molar-refractivity contribution in [3.8, 4) is 0 Å². The van der Waals surface area contributed by atoms with Crippen molar-refractivity contribution >= 4 is 11.9 Å². The molecule has 0 radical (unpaired) electrons. The van der Waals surface area contributed by atoms with Gasteiger partial charge in [-0.2, -0.15) is 0 Å². The third kappa shape index (κ3) is 19.2. The molecule has 0 aromatic heterocycles. The molecule has 1 amide bonds. The number of rotatable bonds is 19. The van der Waals surface area contributed by atoms with Crippen LogP contribution in [0.2, 0.25) is 0 Å². The van der Waals surface area contributed by atoms with Crippen molar-refractivity contribution in [1.29, 1.82) is 0 Å². The summed E-state index contributed by atoms with van der Waals surface area (Å²) in [5.41, 5.74) is 5.43. The average Bonchev–Trinajstić information content (AvgIpc) is 2.64. The maximum atomic E-state index is 11.7. The molecule has 1 atom stereocenters. The fourth-order valence-electron chi connectivity index (χ4n) is 2.94. The van der Waals surface area contributed by atoms with E-state index in [4.69, 9.17) is 10.8 Å². The first-order valence-corrected chi connectivity index (χ1v) is 11.0. The molecule has 0 aliphatic rings. The topological polar surface area (TPSA) is 92.4 Å².